The molecule has 0 aliphatic carbocycles. The molecule has 5 heteroatoms. The minimum Gasteiger partial charge on any atom is -0.493 e. The Balaban J connectivity index is 1.73. The number of aryl methyl sites for hydroxylation is 1. The Kier molecular flexibility index (Phi) is 5.41. The van der Waals surface area contributed by atoms with Gasteiger partial charge in [0.1, 0.15) is 17.2 Å². The Morgan fingerprint density at radius 2 is 2.16 bits per heavy atom. The zero-order valence-corrected chi connectivity index (χ0v) is 15.2. The third-order valence-corrected chi connectivity index (χ3v) is 4.41. The van der Waals surface area contributed by atoms with Gasteiger partial charge < -0.3 is 14.1 Å². The Bertz CT molecular complexity index is 736. The lowest BCUT2D eigenvalue weighted by atomic mass is 10.1. The van der Waals surface area contributed by atoms with Crippen molar-refractivity contribution in [1.29, 1.82) is 0 Å². The predicted octanol–water partition coefficient (Wildman–Crippen LogP) is 3.86. The van der Waals surface area contributed by atoms with E-state index in [0.29, 0.717) is 43.3 Å². The van der Waals surface area contributed by atoms with E-state index < -0.39 is 0 Å². The van der Waals surface area contributed by atoms with E-state index in [1.54, 1.807) is 0 Å². The first-order valence-electron chi connectivity index (χ1n) is 9.07. The van der Waals surface area contributed by atoms with Gasteiger partial charge in [-0.2, -0.15) is 0 Å². The summed E-state index contributed by atoms with van der Waals surface area (Å²) >= 11 is 0. The number of oxazole rings is 1. The standard InChI is InChI=1S/C20H26N2O3/c1-4-24-17-8-6-5-7-15(17)20(23)22-12-11-18-16(13-22)21-19(25-18)10-9-14(2)3/h5-8,14H,4,9-13H2,1-3H3. The highest BCUT2D eigenvalue weighted by Crippen LogP contribution is 2.25. The maximum Gasteiger partial charge on any atom is 0.257 e. The molecule has 3 rings (SSSR count). The molecule has 0 unspecified atom stereocenters. The summed E-state index contributed by atoms with van der Waals surface area (Å²) in [6.45, 7) is 7.99. The van der Waals surface area contributed by atoms with Crippen molar-refractivity contribution in [2.45, 2.75) is 46.6 Å². The van der Waals surface area contributed by atoms with E-state index in [1.165, 1.54) is 0 Å². The molecule has 0 N–H and O–H groups in total. The number of amides is 1. The third-order valence-electron chi connectivity index (χ3n) is 4.41. The van der Waals surface area contributed by atoms with Gasteiger partial charge in [0.2, 0.25) is 0 Å². The van der Waals surface area contributed by atoms with Gasteiger partial charge in [0.25, 0.3) is 5.91 Å². The van der Waals surface area contributed by atoms with Crippen LogP contribution in [0, 0.1) is 5.92 Å². The normalized spacial score (nSPS) is 13.8. The molecule has 0 spiro atoms. The topological polar surface area (TPSA) is 55.6 Å². The molecule has 134 valence electrons. The summed E-state index contributed by atoms with van der Waals surface area (Å²) in [6, 6.07) is 7.41. The highest BCUT2D eigenvalue weighted by atomic mass is 16.5. The molecule has 1 aromatic carbocycles. The summed E-state index contributed by atoms with van der Waals surface area (Å²) in [6.07, 6.45) is 2.63. The highest BCUT2D eigenvalue weighted by molar-refractivity contribution is 5.97. The number of rotatable bonds is 6. The first kappa shape index (κ1) is 17.5. The van der Waals surface area contributed by atoms with Crippen molar-refractivity contribution in [3.63, 3.8) is 0 Å². The van der Waals surface area contributed by atoms with Gasteiger partial charge in [-0.25, -0.2) is 4.98 Å². The van der Waals surface area contributed by atoms with Crippen molar-refractivity contribution in [3.05, 3.63) is 47.2 Å². The maximum atomic E-state index is 12.9. The summed E-state index contributed by atoms with van der Waals surface area (Å²) in [5.74, 6) is 2.97. The van der Waals surface area contributed by atoms with Gasteiger partial charge in [-0.3, -0.25) is 4.79 Å². The lowest BCUT2D eigenvalue weighted by Gasteiger charge is -2.26. The minimum absolute atomic E-state index is 0.0126. The molecule has 0 saturated heterocycles. The average molecular weight is 342 g/mol. The molecule has 0 bridgehead atoms. The van der Waals surface area contributed by atoms with Crippen LogP contribution in [-0.2, 0) is 19.4 Å². The molecule has 0 atom stereocenters. The number of hydrogen-bond donors (Lipinski definition) is 0. The number of hydrogen-bond acceptors (Lipinski definition) is 4. The number of carbonyl (C=O) groups excluding carboxylic acids is 1. The van der Waals surface area contributed by atoms with Gasteiger partial charge in [-0.15, -0.1) is 0 Å². The fourth-order valence-corrected chi connectivity index (χ4v) is 3.04. The summed E-state index contributed by atoms with van der Waals surface area (Å²) < 4.78 is 11.5. The lowest BCUT2D eigenvalue weighted by Crippen LogP contribution is -2.36. The fraction of sp³-hybridized carbons (Fsp3) is 0.500. The monoisotopic (exact) mass is 342 g/mol. The molecule has 2 heterocycles. The second-order valence-corrected chi connectivity index (χ2v) is 6.82. The maximum absolute atomic E-state index is 12.9. The van der Waals surface area contributed by atoms with Gasteiger partial charge in [0.05, 0.1) is 18.7 Å². The van der Waals surface area contributed by atoms with Crippen molar-refractivity contribution in [2.75, 3.05) is 13.2 Å². The van der Waals surface area contributed by atoms with Crippen LogP contribution in [0.15, 0.2) is 28.7 Å². The van der Waals surface area contributed by atoms with E-state index >= 15 is 0 Å². The number of para-hydroxylation sites is 1. The van der Waals surface area contributed by atoms with Crippen LogP contribution in [0.4, 0.5) is 0 Å². The summed E-state index contributed by atoms with van der Waals surface area (Å²) in [4.78, 5) is 19.4. The highest BCUT2D eigenvalue weighted by Gasteiger charge is 2.27. The summed E-state index contributed by atoms with van der Waals surface area (Å²) in [7, 11) is 0. The SMILES string of the molecule is CCOc1ccccc1C(=O)N1CCc2oc(CCC(C)C)nc2C1. The number of fused-ring (bicyclic) bond motifs is 1. The van der Waals surface area contributed by atoms with Gasteiger partial charge >= 0.3 is 0 Å². The molecule has 0 saturated carbocycles. The molecule has 1 amide bonds. The Hall–Kier alpha value is -2.30. The minimum atomic E-state index is -0.0126. The first-order chi connectivity index (χ1) is 12.1. The number of benzene rings is 1. The molecule has 0 fully saturated rings. The molecule has 0 radical (unpaired) electrons. The van der Waals surface area contributed by atoms with Crippen LogP contribution in [0.3, 0.4) is 0 Å². The van der Waals surface area contributed by atoms with E-state index in [2.05, 4.69) is 18.8 Å². The molecule has 1 aromatic heterocycles. The van der Waals surface area contributed by atoms with Crippen molar-refractivity contribution >= 4 is 5.91 Å². The second-order valence-electron chi connectivity index (χ2n) is 6.82. The Labute approximate surface area is 149 Å². The molecule has 2 aromatic rings. The van der Waals surface area contributed by atoms with Crippen LogP contribution < -0.4 is 4.74 Å². The number of ether oxygens (including phenoxy) is 1. The Morgan fingerprint density at radius 1 is 1.36 bits per heavy atom. The molecule has 25 heavy (non-hydrogen) atoms. The fourth-order valence-electron chi connectivity index (χ4n) is 3.04. The van der Waals surface area contributed by atoms with Crippen molar-refractivity contribution in [1.82, 2.24) is 9.88 Å². The number of nitrogens with zero attached hydrogens (tertiary/aromatic N) is 2. The van der Waals surface area contributed by atoms with Crippen LogP contribution in [0.2, 0.25) is 0 Å². The first-order valence-corrected chi connectivity index (χ1v) is 9.07. The van der Waals surface area contributed by atoms with Crippen LogP contribution >= 0.6 is 0 Å². The predicted molar refractivity (Wildman–Crippen MR) is 95.7 cm³/mol. The second kappa shape index (κ2) is 7.72. The van der Waals surface area contributed by atoms with Crippen molar-refractivity contribution in [2.24, 2.45) is 5.92 Å². The van der Waals surface area contributed by atoms with E-state index in [0.717, 1.165) is 30.2 Å². The quantitative estimate of drug-likeness (QED) is 0.800. The zero-order chi connectivity index (χ0) is 17.8. The van der Waals surface area contributed by atoms with E-state index in [-0.39, 0.29) is 5.91 Å². The third kappa shape index (κ3) is 4.03. The number of aromatic nitrogens is 1. The smallest absolute Gasteiger partial charge is 0.257 e. The van der Waals surface area contributed by atoms with Crippen molar-refractivity contribution in [3.8, 4) is 5.75 Å². The van der Waals surface area contributed by atoms with Crippen LogP contribution in [0.5, 0.6) is 5.75 Å². The van der Waals surface area contributed by atoms with Gasteiger partial charge in [-0.1, -0.05) is 26.0 Å². The van der Waals surface area contributed by atoms with Crippen LogP contribution in [0.25, 0.3) is 0 Å². The molecule has 5 nitrogen and oxygen atoms in total. The molecule has 1 aliphatic rings. The van der Waals surface area contributed by atoms with Gasteiger partial charge in [0, 0.05) is 19.4 Å². The Morgan fingerprint density at radius 3 is 2.92 bits per heavy atom. The molecule has 1 aliphatic heterocycles. The lowest BCUT2D eigenvalue weighted by molar-refractivity contribution is 0.0723. The van der Waals surface area contributed by atoms with E-state index in [4.69, 9.17) is 9.15 Å². The van der Waals surface area contributed by atoms with Crippen LogP contribution in [0.1, 0.15) is 54.9 Å². The number of carbonyl (C=O) groups is 1. The van der Waals surface area contributed by atoms with Gasteiger partial charge in [0.15, 0.2) is 5.89 Å². The van der Waals surface area contributed by atoms with Crippen molar-refractivity contribution < 1.29 is 13.9 Å². The summed E-state index contributed by atoms with van der Waals surface area (Å²) in [5, 5.41) is 0. The van der Waals surface area contributed by atoms with E-state index in [1.807, 2.05) is 36.1 Å². The summed E-state index contributed by atoms with van der Waals surface area (Å²) in [5.41, 5.74) is 1.50. The van der Waals surface area contributed by atoms with Crippen LogP contribution in [-0.4, -0.2) is 28.9 Å². The van der Waals surface area contributed by atoms with E-state index in [9.17, 15) is 4.79 Å². The molecular weight excluding hydrogens is 316 g/mol. The van der Waals surface area contributed by atoms with Gasteiger partial charge in [-0.05, 0) is 31.4 Å². The zero-order valence-electron chi connectivity index (χ0n) is 15.2. The average Bonchev–Trinajstić information content (AvgIpc) is 3.02. The largest absolute Gasteiger partial charge is 0.493 e. The molecular formula is C20H26N2O3.